The van der Waals surface area contributed by atoms with Crippen molar-refractivity contribution in [3.05, 3.63) is 6.92 Å². The largest absolute Gasteiger partial charge is 1.00 e. The normalized spacial score (nSPS) is 1.50. The minimum Gasteiger partial charge on any atom is -0.346 e. The van der Waals surface area contributed by atoms with Crippen molar-refractivity contribution in [2.45, 2.75) is 6.92 Å². The molecule has 0 amide bonds. The Morgan fingerprint density at radius 3 is 1.00 bits per heavy atom. The molecule has 0 aromatic carbocycles. The van der Waals surface area contributed by atoms with E-state index in [1.165, 1.54) is 0 Å². The van der Waals surface area contributed by atoms with Gasteiger partial charge < -0.3 is 6.92 Å². The molecular formula is C2H5Li2+. The Balaban J connectivity index is -0.00000000500. The summed E-state index contributed by atoms with van der Waals surface area (Å²) in [7, 11) is 0. The Hall–Kier alpha value is 1.19. The molecule has 0 bridgehead atoms. The van der Waals surface area contributed by atoms with Crippen LogP contribution < -0.4 is 37.7 Å². The van der Waals surface area contributed by atoms with Gasteiger partial charge in [-0.15, -0.1) is 0 Å². The molecule has 0 fully saturated rings. The number of hydrogen-bond donors (Lipinski definition) is 0. The summed E-state index contributed by atoms with van der Waals surface area (Å²) in [5.41, 5.74) is 0. The molecule has 0 radical (unpaired) electrons. The van der Waals surface area contributed by atoms with Crippen molar-refractivity contribution in [1.29, 1.82) is 0 Å². The van der Waals surface area contributed by atoms with E-state index in [0.29, 0.717) is 0 Å². The maximum atomic E-state index is 3.25. The maximum absolute atomic E-state index is 3.25. The smallest absolute Gasteiger partial charge is 0.346 e. The van der Waals surface area contributed by atoms with Crippen LogP contribution in [0.15, 0.2) is 0 Å². The summed E-state index contributed by atoms with van der Waals surface area (Å²) < 4.78 is 0. The Kier molecular flexibility index (Phi) is 142. The van der Waals surface area contributed by atoms with Crippen LogP contribution in [-0.2, 0) is 0 Å². The second kappa shape index (κ2) is 30.0. The molecule has 0 unspecified atom stereocenters. The van der Waals surface area contributed by atoms with E-state index in [1.54, 1.807) is 6.92 Å². The molecule has 0 rings (SSSR count). The van der Waals surface area contributed by atoms with Crippen molar-refractivity contribution in [2.75, 3.05) is 0 Å². The van der Waals surface area contributed by atoms with E-state index in [2.05, 4.69) is 6.92 Å². The third-order valence-corrected chi connectivity index (χ3v) is 0. The second-order valence-corrected chi connectivity index (χ2v) is 0. The van der Waals surface area contributed by atoms with E-state index in [9.17, 15) is 0 Å². The molecule has 0 nitrogen and oxygen atoms in total. The minimum absolute atomic E-state index is 0. The standard InChI is InChI=1S/C2H5.2Li/c1-2;;/h1H2,2H3;;/q-1;2*+1. The average molecular weight is 42.9 g/mol. The van der Waals surface area contributed by atoms with Crippen LogP contribution >= 0.6 is 0 Å². The predicted molar refractivity (Wildman–Crippen MR) is 11.0 cm³/mol. The van der Waals surface area contributed by atoms with Crippen LogP contribution in [0, 0.1) is 6.92 Å². The molecule has 4 heavy (non-hydrogen) atoms. The molecule has 0 aliphatic rings. The van der Waals surface area contributed by atoms with Crippen LogP contribution in [0.3, 0.4) is 0 Å². The maximum Gasteiger partial charge on any atom is 1.00 e. The van der Waals surface area contributed by atoms with E-state index in [1.807, 2.05) is 0 Å². The first-order valence-electron chi connectivity index (χ1n) is 0.707. The first kappa shape index (κ1) is 19.0. The SMILES string of the molecule is [CH2-]C.[Li+].[Li+]. The molecule has 0 saturated carbocycles. The fourth-order valence-corrected chi connectivity index (χ4v) is 0. The Bertz CT molecular complexity index is 4.00. The first-order chi connectivity index (χ1) is 1.00. The van der Waals surface area contributed by atoms with Crippen molar-refractivity contribution in [2.24, 2.45) is 0 Å². The summed E-state index contributed by atoms with van der Waals surface area (Å²) in [6.45, 7) is 5.00. The van der Waals surface area contributed by atoms with Crippen molar-refractivity contribution < 1.29 is 37.7 Å². The molecule has 0 aliphatic heterocycles. The molecule has 0 saturated heterocycles. The minimum atomic E-state index is 0. The summed E-state index contributed by atoms with van der Waals surface area (Å²) in [5, 5.41) is 0. The van der Waals surface area contributed by atoms with E-state index in [0.717, 1.165) is 0 Å². The van der Waals surface area contributed by atoms with Gasteiger partial charge in [-0.1, -0.05) is 0 Å². The third-order valence-electron chi connectivity index (χ3n) is 0. The van der Waals surface area contributed by atoms with Crippen LogP contribution in [0.4, 0.5) is 0 Å². The number of hydrogen-bond acceptors (Lipinski definition) is 0. The van der Waals surface area contributed by atoms with E-state index >= 15 is 0 Å². The summed E-state index contributed by atoms with van der Waals surface area (Å²) in [6.07, 6.45) is 0. The molecule has 0 aromatic rings. The van der Waals surface area contributed by atoms with Gasteiger partial charge in [0.15, 0.2) is 0 Å². The fraction of sp³-hybridized carbons (Fsp3) is 0.500. The van der Waals surface area contributed by atoms with Crippen molar-refractivity contribution in [1.82, 2.24) is 0 Å². The molecule has 0 atom stereocenters. The Labute approximate surface area is 51.7 Å². The van der Waals surface area contributed by atoms with Gasteiger partial charge in [0, 0.05) is 0 Å². The molecule has 0 heterocycles. The van der Waals surface area contributed by atoms with Crippen LogP contribution in [0.1, 0.15) is 6.92 Å². The van der Waals surface area contributed by atoms with Gasteiger partial charge in [0.05, 0.1) is 0 Å². The Morgan fingerprint density at radius 1 is 1.00 bits per heavy atom. The van der Waals surface area contributed by atoms with Crippen molar-refractivity contribution >= 4 is 0 Å². The third kappa shape index (κ3) is 10.8. The van der Waals surface area contributed by atoms with Crippen LogP contribution in [0.5, 0.6) is 0 Å². The van der Waals surface area contributed by atoms with Crippen molar-refractivity contribution in [3.8, 4) is 0 Å². The molecule has 0 aromatic heterocycles. The zero-order valence-corrected chi connectivity index (χ0v) is 3.71. The van der Waals surface area contributed by atoms with Crippen LogP contribution in [0.2, 0.25) is 0 Å². The summed E-state index contributed by atoms with van der Waals surface area (Å²) in [6, 6.07) is 0. The van der Waals surface area contributed by atoms with Gasteiger partial charge in [0.2, 0.25) is 0 Å². The zero-order chi connectivity index (χ0) is 2.00. The zero-order valence-electron chi connectivity index (χ0n) is 3.71. The number of rotatable bonds is 0. The van der Waals surface area contributed by atoms with Gasteiger partial charge in [-0.05, 0) is 0 Å². The summed E-state index contributed by atoms with van der Waals surface area (Å²) in [5.74, 6) is 0. The average Bonchev–Trinajstić information content (AvgIpc) is 1.00. The predicted octanol–water partition coefficient (Wildman–Crippen LogP) is -5.15. The molecule has 14 valence electrons. The van der Waals surface area contributed by atoms with Crippen LogP contribution in [-0.4, -0.2) is 0 Å². The van der Waals surface area contributed by atoms with E-state index in [-0.39, 0.29) is 37.7 Å². The van der Waals surface area contributed by atoms with E-state index < -0.39 is 0 Å². The van der Waals surface area contributed by atoms with Gasteiger partial charge in [0.25, 0.3) is 0 Å². The van der Waals surface area contributed by atoms with E-state index in [4.69, 9.17) is 0 Å². The Morgan fingerprint density at radius 2 is 1.00 bits per heavy atom. The quantitative estimate of drug-likeness (QED) is 0.188. The topological polar surface area (TPSA) is 0 Å². The van der Waals surface area contributed by atoms with Gasteiger partial charge in [-0.3, -0.25) is 0 Å². The molecular weight excluding hydrogens is 37.9 g/mol. The molecule has 0 N–H and O–H groups in total. The van der Waals surface area contributed by atoms with Crippen molar-refractivity contribution in [3.63, 3.8) is 0 Å². The monoisotopic (exact) mass is 43.1 g/mol. The van der Waals surface area contributed by atoms with Gasteiger partial charge in [-0.2, -0.15) is 6.92 Å². The van der Waals surface area contributed by atoms with Gasteiger partial charge in [0.1, 0.15) is 0 Å². The van der Waals surface area contributed by atoms with Gasteiger partial charge in [-0.25, -0.2) is 0 Å². The molecule has 0 aliphatic carbocycles. The first-order valence-corrected chi connectivity index (χ1v) is 0.707. The summed E-state index contributed by atoms with van der Waals surface area (Å²) >= 11 is 0. The summed E-state index contributed by atoms with van der Waals surface area (Å²) in [4.78, 5) is 0. The fourth-order valence-electron chi connectivity index (χ4n) is 0. The molecule has 0 spiro atoms. The van der Waals surface area contributed by atoms with Crippen LogP contribution in [0.25, 0.3) is 0 Å². The second-order valence-electron chi connectivity index (χ2n) is 0. The molecule has 2 heteroatoms. The van der Waals surface area contributed by atoms with Gasteiger partial charge >= 0.3 is 37.7 Å².